The lowest BCUT2D eigenvalue weighted by Crippen LogP contribution is -2.55. The number of amides is 1. The maximum absolute atomic E-state index is 12.5. The van der Waals surface area contributed by atoms with Crippen molar-refractivity contribution in [3.63, 3.8) is 0 Å². The molecule has 0 N–H and O–H groups in total. The molecule has 1 aliphatic carbocycles. The Morgan fingerprint density at radius 2 is 1.92 bits per heavy atom. The van der Waals surface area contributed by atoms with E-state index in [-0.39, 0.29) is 24.7 Å². The molecule has 3 rings (SSSR count). The molecule has 25 heavy (non-hydrogen) atoms. The number of ether oxygens (including phenoxy) is 2. The minimum absolute atomic E-state index is 0.0391. The summed E-state index contributed by atoms with van der Waals surface area (Å²) in [4.78, 5) is 26.3. The van der Waals surface area contributed by atoms with Gasteiger partial charge < -0.3 is 9.47 Å². The van der Waals surface area contributed by atoms with Crippen LogP contribution in [0.3, 0.4) is 0 Å². The van der Waals surface area contributed by atoms with Gasteiger partial charge in [0.05, 0.1) is 12.0 Å². The van der Waals surface area contributed by atoms with E-state index in [4.69, 9.17) is 9.47 Å². The molecule has 1 aromatic rings. The van der Waals surface area contributed by atoms with Gasteiger partial charge >= 0.3 is 12.1 Å². The van der Waals surface area contributed by atoms with Crippen LogP contribution in [0.15, 0.2) is 30.3 Å². The Hall–Kier alpha value is -2.30. The van der Waals surface area contributed by atoms with Gasteiger partial charge in [-0.05, 0) is 51.7 Å². The van der Waals surface area contributed by atoms with E-state index in [9.17, 15) is 9.59 Å². The van der Waals surface area contributed by atoms with Gasteiger partial charge in [-0.2, -0.15) is 0 Å². The average molecular weight is 343 g/mol. The molecule has 1 amide bonds. The fourth-order valence-electron chi connectivity index (χ4n) is 3.32. The maximum Gasteiger partial charge on any atom is 0.413 e. The second-order valence-electron chi connectivity index (χ2n) is 7.75. The van der Waals surface area contributed by atoms with Crippen LogP contribution < -0.4 is 0 Å². The van der Waals surface area contributed by atoms with Crippen molar-refractivity contribution in [2.75, 3.05) is 6.73 Å². The lowest BCUT2D eigenvalue weighted by molar-refractivity contribution is -0.167. The molecule has 0 bridgehead atoms. The van der Waals surface area contributed by atoms with Gasteiger partial charge in [0, 0.05) is 0 Å². The maximum atomic E-state index is 12.5. The first-order valence-electron chi connectivity index (χ1n) is 8.67. The van der Waals surface area contributed by atoms with Gasteiger partial charge in [-0.1, -0.05) is 35.9 Å². The van der Waals surface area contributed by atoms with E-state index < -0.39 is 11.7 Å². The Bertz CT molecular complexity index is 699. The van der Waals surface area contributed by atoms with Crippen LogP contribution in [0, 0.1) is 12.8 Å². The van der Waals surface area contributed by atoms with Crippen LogP contribution in [0.5, 0.6) is 0 Å². The number of rotatable bonds is 1. The van der Waals surface area contributed by atoms with Gasteiger partial charge in [0.15, 0.2) is 6.73 Å². The first-order chi connectivity index (χ1) is 11.7. The highest BCUT2D eigenvalue weighted by atomic mass is 16.6. The number of esters is 1. The molecule has 0 spiro atoms. The van der Waals surface area contributed by atoms with Crippen LogP contribution in [0.2, 0.25) is 0 Å². The van der Waals surface area contributed by atoms with Crippen LogP contribution in [0.1, 0.15) is 44.7 Å². The zero-order valence-corrected chi connectivity index (χ0v) is 15.2. The molecule has 1 heterocycles. The normalized spacial score (nSPS) is 23.4. The third-order valence-corrected chi connectivity index (χ3v) is 4.61. The molecule has 0 unspecified atom stereocenters. The minimum atomic E-state index is -0.578. The zero-order valence-electron chi connectivity index (χ0n) is 15.2. The van der Waals surface area contributed by atoms with Crippen molar-refractivity contribution >= 4 is 17.6 Å². The number of benzene rings is 1. The SMILES string of the molecule is Cc1ccc(C2=CC[C@H]3[C@H](C2)C(=O)OCN3C(=O)OC(C)(C)C)cc1. The predicted molar refractivity (Wildman–Crippen MR) is 94.7 cm³/mol. The van der Waals surface area contributed by atoms with E-state index in [0.717, 1.165) is 11.1 Å². The Kier molecular flexibility index (Phi) is 4.58. The number of hydrogen-bond acceptors (Lipinski definition) is 4. The second-order valence-corrected chi connectivity index (χ2v) is 7.75. The summed E-state index contributed by atoms with van der Waals surface area (Å²) in [6, 6.07) is 8.07. The summed E-state index contributed by atoms with van der Waals surface area (Å²) < 4.78 is 10.7. The number of aryl methyl sites for hydroxylation is 1. The van der Waals surface area contributed by atoms with Crippen molar-refractivity contribution < 1.29 is 19.1 Å². The first-order valence-corrected chi connectivity index (χ1v) is 8.67. The largest absolute Gasteiger partial charge is 0.444 e. The fourth-order valence-corrected chi connectivity index (χ4v) is 3.32. The van der Waals surface area contributed by atoms with Gasteiger partial charge in [-0.15, -0.1) is 0 Å². The van der Waals surface area contributed by atoms with E-state index in [1.165, 1.54) is 5.56 Å². The van der Waals surface area contributed by atoms with Gasteiger partial charge in [0.25, 0.3) is 0 Å². The molecular formula is C20H25NO4. The smallest absolute Gasteiger partial charge is 0.413 e. The van der Waals surface area contributed by atoms with Crippen molar-refractivity contribution in [1.29, 1.82) is 0 Å². The van der Waals surface area contributed by atoms with E-state index >= 15 is 0 Å². The molecule has 5 heteroatoms. The lowest BCUT2D eigenvalue weighted by Gasteiger charge is -2.42. The molecule has 0 aromatic heterocycles. The van der Waals surface area contributed by atoms with E-state index in [0.29, 0.717) is 12.8 Å². The van der Waals surface area contributed by atoms with E-state index in [1.54, 1.807) is 4.90 Å². The molecule has 134 valence electrons. The number of fused-ring (bicyclic) bond motifs is 1. The number of carbonyl (C=O) groups is 2. The summed E-state index contributed by atoms with van der Waals surface area (Å²) in [7, 11) is 0. The van der Waals surface area contributed by atoms with Crippen molar-refractivity contribution in [3.8, 4) is 0 Å². The molecule has 1 aromatic carbocycles. The van der Waals surface area contributed by atoms with Gasteiger partial charge in [-0.25, -0.2) is 4.79 Å². The molecule has 1 aliphatic heterocycles. The average Bonchev–Trinajstić information content (AvgIpc) is 2.54. The monoisotopic (exact) mass is 343 g/mol. The van der Waals surface area contributed by atoms with Crippen LogP contribution >= 0.6 is 0 Å². The standard InChI is InChI=1S/C20H25NO4/c1-13-5-7-14(8-6-13)15-9-10-17-16(11-15)18(22)24-12-21(17)19(23)25-20(2,3)4/h5-9,16-17H,10-12H2,1-4H3/t16-,17-/m0/s1. The Balaban J connectivity index is 1.81. The number of nitrogens with zero attached hydrogens (tertiary/aromatic N) is 1. The quantitative estimate of drug-likeness (QED) is 0.726. The third-order valence-electron chi connectivity index (χ3n) is 4.61. The summed E-state index contributed by atoms with van der Waals surface area (Å²) in [5, 5.41) is 0. The van der Waals surface area contributed by atoms with Crippen molar-refractivity contribution in [3.05, 3.63) is 41.5 Å². The first kappa shape index (κ1) is 17.5. The van der Waals surface area contributed by atoms with E-state index in [2.05, 4.69) is 30.3 Å². The summed E-state index contributed by atoms with van der Waals surface area (Å²) in [6.45, 7) is 7.49. The summed E-state index contributed by atoms with van der Waals surface area (Å²) >= 11 is 0. The zero-order chi connectivity index (χ0) is 18.2. The lowest BCUT2D eigenvalue weighted by atomic mass is 9.80. The van der Waals surface area contributed by atoms with Crippen molar-refractivity contribution in [2.24, 2.45) is 5.92 Å². The summed E-state index contributed by atoms with van der Waals surface area (Å²) in [5.74, 6) is -0.579. The summed E-state index contributed by atoms with van der Waals surface area (Å²) in [6.07, 6.45) is 2.90. The highest BCUT2D eigenvalue weighted by Gasteiger charge is 2.44. The topological polar surface area (TPSA) is 55.8 Å². The number of allylic oxidation sites excluding steroid dienone is 1. The Morgan fingerprint density at radius 3 is 2.56 bits per heavy atom. The Labute approximate surface area is 148 Å². The number of cyclic esters (lactones) is 1. The van der Waals surface area contributed by atoms with Gasteiger partial charge in [-0.3, -0.25) is 9.69 Å². The molecule has 1 saturated heterocycles. The third kappa shape index (κ3) is 3.86. The minimum Gasteiger partial charge on any atom is -0.444 e. The molecule has 1 fully saturated rings. The molecule has 5 nitrogen and oxygen atoms in total. The van der Waals surface area contributed by atoms with Crippen molar-refractivity contribution in [2.45, 2.75) is 52.2 Å². The van der Waals surface area contributed by atoms with Crippen molar-refractivity contribution in [1.82, 2.24) is 4.90 Å². The summed E-state index contributed by atoms with van der Waals surface area (Å²) in [5.41, 5.74) is 2.87. The van der Waals surface area contributed by atoms with Crippen LogP contribution in [0.4, 0.5) is 4.79 Å². The number of hydrogen-bond donors (Lipinski definition) is 0. The molecular weight excluding hydrogens is 318 g/mol. The second kappa shape index (κ2) is 6.54. The van der Waals surface area contributed by atoms with Crippen LogP contribution in [-0.2, 0) is 14.3 Å². The highest BCUT2D eigenvalue weighted by molar-refractivity contribution is 5.81. The van der Waals surface area contributed by atoms with Crippen LogP contribution in [-0.4, -0.2) is 35.3 Å². The molecule has 2 aliphatic rings. The molecule has 2 atom stereocenters. The predicted octanol–water partition coefficient (Wildman–Crippen LogP) is 3.91. The molecule has 0 radical (unpaired) electrons. The van der Waals surface area contributed by atoms with Gasteiger partial charge in [0.1, 0.15) is 5.60 Å². The van der Waals surface area contributed by atoms with Crippen LogP contribution in [0.25, 0.3) is 5.57 Å². The van der Waals surface area contributed by atoms with Gasteiger partial charge in [0.2, 0.25) is 0 Å². The highest BCUT2D eigenvalue weighted by Crippen LogP contribution is 2.37. The number of carbonyl (C=O) groups excluding carboxylic acids is 2. The fraction of sp³-hybridized carbons (Fsp3) is 0.500. The Morgan fingerprint density at radius 1 is 1.24 bits per heavy atom. The molecule has 0 saturated carbocycles. The van der Waals surface area contributed by atoms with E-state index in [1.807, 2.05) is 27.7 Å².